The summed E-state index contributed by atoms with van der Waals surface area (Å²) in [6.45, 7) is 1.73. The zero-order valence-corrected chi connectivity index (χ0v) is 11.6. The van der Waals surface area contributed by atoms with E-state index in [0.717, 1.165) is 4.57 Å². The third-order valence-corrected chi connectivity index (χ3v) is 2.96. The number of esters is 1. The summed E-state index contributed by atoms with van der Waals surface area (Å²) in [6, 6.07) is 0. The Balaban J connectivity index is 2.54. The summed E-state index contributed by atoms with van der Waals surface area (Å²) >= 11 is 0. The van der Waals surface area contributed by atoms with Gasteiger partial charge >= 0.3 is 11.7 Å². The summed E-state index contributed by atoms with van der Waals surface area (Å²) in [6.07, 6.45) is 2.13. The summed E-state index contributed by atoms with van der Waals surface area (Å²) < 4.78 is 8.52. The van der Waals surface area contributed by atoms with Crippen molar-refractivity contribution >= 4 is 17.1 Å². The Kier molecular flexibility index (Phi) is 3.73. The summed E-state index contributed by atoms with van der Waals surface area (Å²) in [7, 11) is 3.16. The number of imidazole rings is 1. The van der Waals surface area contributed by atoms with E-state index >= 15 is 0 Å². The molecule has 0 bridgehead atoms. The van der Waals surface area contributed by atoms with Crippen LogP contribution in [-0.2, 0) is 30.2 Å². The number of nitrogens with zero attached hydrogens (tertiary/aromatic N) is 4. The Hall–Kier alpha value is -2.38. The molecule has 0 saturated carbocycles. The van der Waals surface area contributed by atoms with Crippen LogP contribution in [0.2, 0.25) is 0 Å². The number of aromatic nitrogens is 4. The number of rotatable bonds is 4. The molecule has 20 heavy (non-hydrogen) atoms. The van der Waals surface area contributed by atoms with E-state index in [1.165, 1.54) is 22.5 Å². The largest absolute Gasteiger partial charge is 0.464 e. The van der Waals surface area contributed by atoms with E-state index in [0.29, 0.717) is 12.1 Å². The molecule has 0 amide bonds. The van der Waals surface area contributed by atoms with E-state index in [9.17, 15) is 14.4 Å². The highest BCUT2D eigenvalue weighted by Crippen LogP contribution is 2.02. The molecule has 0 aliphatic heterocycles. The maximum absolute atomic E-state index is 12.3. The zero-order valence-electron chi connectivity index (χ0n) is 11.6. The number of carbonyl (C=O) groups is 1. The van der Waals surface area contributed by atoms with Crippen LogP contribution < -0.4 is 11.2 Å². The maximum Gasteiger partial charge on any atom is 0.333 e. The molecule has 0 aromatic carbocycles. The minimum absolute atomic E-state index is 0.266. The van der Waals surface area contributed by atoms with E-state index in [4.69, 9.17) is 4.74 Å². The van der Waals surface area contributed by atoms with Crippen molar-refractivity contribution in [3.8, 4) is 0 Å². The molecule has 2 rings (SSSR count). The minimum atomic E-state index is -0.604. The zero-order chi connectivity index (χ0) is 14.9. The Morgan fingerprint density at radius 2 is 2.05 bits per heavy atom. The molecule has 0 saturated heterocycles. The van der Waals surface area contributed by atoms with Gasteiger partial charge in [-0.15, -0.1) is 0 Å². The monoisotopic (exact) mass is 280 g/mol. The molecule has 0 atom stereocenters. The molecule has 2 aromatic rings. The van der Waals surface area contributed by atoms with E-state index in [-0.39, 0.29) is 12.1 Å². The van der Waals surface area contributed by atoms with Gasteiger partial charge in [0.1, 0.15) is 6.54 Å². The Morgan fingerprint density at radius 1 is 1.35 bits per heavy atom. The van der Waals surface area contributed by atoms with E-state index in [2.05, 4.69) is 4.98 Å². The first-order chi connectivity index (χ1) is 9.47. The summed E-state index contributed by atoms with van der Waals surface area (Å²) in [5, 5.41) is 0. The van der Waals surface area contributed by atoms with Gasteiger partial charge in [-0.05, 0) is 6.42 Å². The van der Waals surface area contributed by atoms with Crippen molar-refractivity contribution in [3.05, 3.63) is 27.2 Å². The normalized spacial score (nSPS) is 10.9. The average molecular weight is 280 g/mol. The predicted octanol–water partition coefficient (Wildman–Crippen LogP) is -0.613. The fraction of sp³-hybridized carbons (Fsp3) is 0.500. The molecule has 8 nitrogen and oxygen atoms in total. The van der Waals surface area contributed by atoms with E-state index in [1.54, 1.807) is 7.05 Å². The quantitative estimate of drug-likeness (QED) is 0.697. The van der Waals surface area contributed by atoms with Gasteiger partial charge in [0.2, 0.25) is 0 Å². The van der Waals surface area contributed by atoms with Crippen molar-refractivity contribution in [2.45, 2.75) is 19.9 Å². The lowest BCUT2D eigenvalue weighted by Crippen LogP contribution is -2.41. The topological polar surface area (TPSA) is 88.1 Å². The van der Waals surface area contributed by atoms with Crippen LogP contribution in [0.4, 0.5) is 0 Å². The van der Waals surface area contributed by atoms with Gasteiger partial charge in [-0.25, -0.2) is 14.3 Å². The van der Waals surface area contributed by atoms with Crippen molar-refractivity contribution in [1.29, 1.82) is 0 Å². The van der Waals surface area contributed by atoms with Gasteiger partial charge < -0.3 is 9.30 Å². The fourth-order valence-electron chi connectivity index (χ4n) is 1.93. The van der Waals surface area contributed by atoms with Crippen LogP contribution in [0.3, 0.4) is 0 Å². The van der Waals surface area contributed by atoms with Gasteiger partial charge in [0, 0.05) is 14.1 Å². The first-order valence-corrected chi connectivity index (χ1v) is 6.23. The second kappa shape index (κ2) is 5.32. The molecule has 0 spiro atoms. The SMILES string of the molecule is CCCOC(=O)Cn1c(=O)c2c(ncn2C)n(C)c1=O. The molecule has 0 N–H and O–H groups in total. The highest BCUT2D eigenvalue weighted by Gasteiger charge is 2.17. The molecule has 8 heteroatoms. The lowest BCUT2D eigenvalue weighted by molar-refractivity contribution is -0.144. The van der Waals surface area contributed by atoms with Crippen LogP contribution in [0, 0.1) is 0 Å². The third-order valence-electron chi connectivity index (χ3n) is 2.96. The molecule has 108 valence electrons. The minimum Gasteiger partial charge on any atom is -0.464 e. The Bertz CT molecular complexity index is 768. The van der Waals surface area contributed by atoms with Crippen molar-refractivity contribution in [2.75, 3.05) is 6.61 Å². The molecule has 0 unspecified atom stereocenters. The lowest BCUT2D eigenvalue weighted by atomic mass is 10.4. The number of ether oxygens (including phenoxy) is 1. The second-order valence-corrected chi connectivity index (χ2v) is 4.48. The summed E-state index contributed by atoms with van der Waals surface area (Å²) in [5.74, 6) is -0.604. The van der Waals surface area contributed by atoms with Gasteiger partial charge in [-0.1, -0.05) is 6.92 Å². The number of hydrogen-bond donors (Lipinski definition) is 0. The van der Waals surface area contributed by atoms with E-state index < -0.39 is 23.8 Å². The van der Waals surface area contributed by atoms with Crippen molar-refractivity contribution in [3.63, 3.8) is 0 Å². The highest BCUT2D eigenvalue weighted by atomic mass is 16.5. The van der Waals surface area contributed by atoms with Crippen LogP contribution in [-0.4, -0.2) is 31.3 Å². The highest BCUT2D eigenvalue weighted by molar-refractivity contribution is 5.72. The molecule has 2 heterocycles. The Morgan fingerprint density at radius 3 is 2.70 bits per heavy atom. The van der Waals surface area contributed by atoms with Gasteiger partial charge in [0.05, 0.1) is 12.9 Å². The average Bonchev–Trinajstić information content (AvgIpc) is 2.81. The van der Waals surface area contributed by atoms with Crippen molar-refractivity contribution in [1.82, 2.24) is 18.7 Å². The molecular weight excluding hydrogens is 264 g/mol. The van der Waals surface area contributed by atoms with Crippen LogP contribution in [0.1, 0.15) is 13.3 Å². The number of fused-ring (bicyclic) bond motifs is 1. The number of hydrogen-bond acceptors (Lipinski definition) is 5. The lowest BCUT2D eigenvalue weighted by Gasteiger charge is -2.08. The summed E-state index contributed by atoms with van der Waals surface area (Å²) in [4.78, 5) is 40.0. The fourth-order valence-corrected chi connectivity index (χ4v) is 1.93. The van der Waals surface area contributed by atoms with Crippen LogP contribution in [0.15, 0.2) is 15.9 Å². The van der Waals surface area contributed by atoms with Crippen LogP contribution in [0.25, 0.3) is 11.2 Å². The van der Waals surface area contributed by atoms with Crippen LogP contribution >= 0.6 is 0 Å². The Labute approximate surface area is 114 Å². The first-order valence-electron chi connectivity index (χ1n) is 6.23. The molecule has 0 radical (unpaired) electrons. The first kappa shape index (κ1) is 14.0. The number of aryl methyl sites for hydroxylation is 2. The maximum atomic E-state index is 12.3. The molecule has 0 aliphatic rings. The third kappa shape index (κ3) is 2.24. The van der Waals surface area contributed by atoms with Gasteiger partial charge in [0.15, 0.2) is 11.2 Å². The van der Waals surface area contributed by atoms with E-state index in [1.807, 2.05) is 6.92 Å². The second-order valence-electron chi connectivity index (χ2n) is 4.48. The number of carbonyl (C=O) groups excluding carboxylic acids is 1. The molecule has 2 aromatic heterocycles. The standard InChI is InChI=1S/C12H16N4O4/c1-4-5-20-8(17)6-16-11(18)9-10(13-7-14(9)2)15(3)12(16)19/h7H,4-6H2,1-3H3. The van der Waals surface area contributed by atoms with Gasteiger partial charge in [0.25, 0.3) is 5.56 Å². The van der Waals surface area contributed by atoms with Crippen molar-refractivity contribution in [2.24, 2.45) is 14.1 Å². The molecule has 0 fully saturated rings. The van der Waals surface area contributed by atoms with Gasteiger partial charge in [-0.2, -0.15) is 0 Å². The smallest absolute Gasteiger partial charge is 0.333 e. The van der Waals surface area contributed by atoms with Crippen molar-refractivity contribution < 1.29 is 9.53 Å². The van der Waals surface area contributed by atoms with Gasteiger partial charge in [-0.3, -0.25) is 14.2 Å². The predicted molar refractivity (Wildman–Crippen MR) is 71.5 cm³/mol. The molecule has 0 aliphatic carbocycles. The van der Waals surface area contributed by atoms with Crippen LogP contribution in [0.5, 0.6) is 0 Å². The molecular formula is C12H16N4O4. The summed E-state index contributed by atoms with van der Waals surface area (Å²) in [5.41, 5.74) is -0.567.